The highest BCUT2D eigenvalue weighted by molar-refractivity contribution is 7.91. The fourth-order valence-electron chi connectivity index (χ4n) is 2.13. The Kier molecular flexibility index (Phi) is 4.80. The Balaban J connectivity index is 2.31. The van der Waals surface area contributed by atoms with Gasteiger partial charge in [0.25, 0.3) is 15.2 Å². The maximum atomic E-state index is 13.0. The summed E-state index contributed by atoms with van der Waals surface area (Å²) in [5.41, 5.74) is -1.22. The van der Waals surface area contributed by atoms with Gasteiger partial charge < -0.3 is 5.32 Å². The zero-order valence-electron chi connectivity index (χ0n) is 12.6. The normalized spacial score (nSPS) is 22.0. The van der Waals surface area contributed by atoms with E-state index in [1.165, 1.54) is 0 Å². The van der Waals surface area contributed by atoms with Crippen molar-refractivity contribution < 1.29 is 30.0 Å². The van der Waals surface area contributed by atoms with Crippen LogP contribution in [0.3, 0.4) is 0 Å². The summed E-state index contributed by atoms with van der Waals surface area (Å²) in [6, 6.07) is -0.550. The van der Waals surface area contributed by atoms with Crippen LogP contribution < -0.4 is 10.0 Å². The van der Waals surface area contributed by atoms with E-state index in [1.807, 2.05) is 4.72 Å². The molecular weight excluding hydrogens is 373 g/mol. The van der Waals surface area contributed by atoms with Crippen molar-refractivity contribution in [2.75, 3.05) is 18.6 Å². The molecule has 1 aromatic rings. The van der Waals surface area contributed by atoms with Crippen LogP contribution in [0.1, 0.15) is 18.4 Å². The molecule has 2 N–H and O–H groups in total. The van der Waals surface area contributed by atoms with Crippen molar-refractivity contribution in [3.63, 3.8) is 0 Å². The van der Waals surface area contributed by atoms with E-state index < -0.39 is 53.9 Å². The molecule has 0 spiro atoms. The number of hydrogen-bond acceptors (Lipinski definition) is 7. The number of alkyl halides is 3. The maximum absolute atomic E-state index is 13.0. The monoisotopic (exact) mass is 388 g/mol. The first-order chi connectivity index (χ1) is 10.8. The molecule has 24 heavy (non-hydrogen) atoms. The molecule has 136 valence electrons. The summed E-state index contributed by atoms with van der Waals surface area (Å²) < 4.78 is 86.9. The lowest BCUT2D eigenvalue weighted by molar-refractivity contribution is -0.137. The van der Waals surface area contributed by atoms with Crippen molar-refractivity contribution in [1.82, 2.24) is 14.7 Å². The van der Waals surface area contributed by atoms with Crippen LogP contribution in [0.4, 0.5) is 19.0 Å². The van der Waals surface area contributed by atoms with Gasteiger partial charge in [0.05, 0.1) is 5.25 Å². The van der Waals surface area contributed by atoms with E-state index in [4.69, 9.17) is 0 Å². The fourth-order valence-corrected chi connectivity index (χ4v) is 3.88. The second kappa shape index (κ2) is 6.11. The minimum absolute atomic E-state index is 0.119. The number of nitrogens with one attached hydrogen (secondary N) is 2. The number of anilines is 1. The first-order valence-corrected chi connectivity index (χ1v) is 10.1. The molecule has 1 aliphatic rings. The van der Waals surface area contributed by atoms with E-state index in [9.17, 15) is 30.0 Å². The molecular formula is C11H15F3N4O4S2. The van der Waals surface area contributed by atoms with Gasteiger partial charge in [-0.2, -0.15) is 18.2 Å². The Morgan fingerprint density at radius 1 is 1.21 bits per heavy atom. The van der Waals surface area contributed by atoms with Gasteiger partial charge in [-0.15, -0.1) is 0 Å². The Morgan fingerprint density at radius 3 is 2.25 bits per heavy atom. The lowest BCUT2D eigenvalue weighted by Gasteiger charge is -2.35. The average molecular weight is 388 g/mol. The van der Waals surface area contributed by atoms with Crippen molar-refractivity contribution in [2.24, 2.45) is 0 Å². The molecule has 2 rings (SSSR count). The van der Waals surface area contributed by atoms with Crippen molar-refractivity contribution in [2.45, 2.75) is 35.5 Å². The van der Waals surface area contributed by atoms with Gasteiger partial charge >= 0.3 is 6.18 Å². The molecule has 1 saturated carbocycles. The lowest BCUT2D eigenvalue weighted by Crippen LogP contribution is -2.44. The number of halogens is 3. The number of nitrogens with zero attached hydrogens (tertiary/aromatic N) is 2. The third-order valence-corrected chi connectivity index (χ3v) is 6.43. The fraction of sp³-hybridized carbons (Fsp3) is 0.636. The maximum Gasteiger partial charge on any atom is 0.421 e. The summed E-state index contributed by atoms with van der Waals surface area (Å²) >= 11 is 0. The van der Waals surface area contributed by atoms with Gasteiger partial charge in [-0.1, -0.05) is 0 Å². The molecule has 13 heteroatoms. The van der Waals surface area contributed by atoms with E-state index in [0.717, 1.165) is 13.3 Å². The van der Waals surface area contributed by atoms with Crippen LogP contribution in [0, 0.1) is 0 Å². The molecule has 0 bridgehead atoms. The van der Waals surface area contributed by atoms with Gasteiger partial charge in [0.1, 0.15) is 21.2 Å². The summed E-state index contributed by atoms with van der Waals surface area (Å²) in [5, 5.41) is 1.03. The first-order valence-electron chi connectivity index (χ1n) is 6.68. The van der Waals surface area contributed by atoms with Gasteiger partial charge in [-0.05, 0) is 19.9 Å². The molecule has 0 amide bonds. The number of sulfone groups is 1. The second-order valence-corrected chi connectivity index (χ2v) is 9.49. The van der Waals surface area contributed by atoms with Gasteiger partial charge in [0, 0.05) is 18.5 Å². The van der Waals surface area contributed by atoms with Gasteiger partial charge in [-0.3, -0.25) is 0 Å². The van der Waals surface area contributed by atoms with E-state index in [-0.39, 0.29) is 12.8 Å². The largest absolute Gasteiger partial charge is 0.421 e. The number of rotatable bonds is 5. The molecule has 0 saturated heterocycles. The van der Waals surface area contributed by atoms with Crippen molar-refractivity contribution >= 4 is 25.7 Å². The van der Waals surface area contributed by atoms with Crippen molar-refractivity contribution in [1.29, 1.82) is 0 Å². The van der Waals surface area contributed by atoms with Crippen molar-refractivity contribution in [3.8, 4) is 0 Å². The summed E-state index contributed by atoms with van der Waals surface area (Å²) in [4.78, 5) is 6.68. The molecule has 1 heterocycles. The molecule has 0 radical (unpaired) electrons. The summed E-state index contributed by atoms with van der Waals surface area (Å²) in [7, 11) is -6.31. The molecule has 0 aromatic carbocycles. The Labute approximate surface area is 136 Å². The third-order valence-electron chi connectivity index (χ3n) is 3.62. The molecule has 1 aromatic heterocycles. The Morgan fingerprint density at radius 2 is 1.79 bits per heavy atom. The van der Waals surface area contributed by atoms with Gasteiger partial charge in [0.15, 0.2) is 0 Å². The van der Waals surface area contributed by atoms with E-state index >= 15 is 0 Å². The zero-order valence-corrected chi connectivity index (χ0v) is 14.3. The molecule has 0 aliphatic heterocycles. The summed E-state index contributed by atoms with van der Waals surface area (Å²) in [6.07, 6.45) is -3.11. The van der Waals surface area contributed by atoms with Crippen LogP contribution >= 0.6 is 0 Å². The van der Waals surface area contributed by atoms with Crippen LogP contribution in [0.2, 0.25) is 0 Å². The minimum atomic E-state index is -4.79. The standard InChI is InChI=1S/C11H15F3N4O4S2/c1-15-24(21,22)10-16-5-8(11(12,13)14)9(18-10)17-6-3-7(4-6)23(2,19)20/h5-7,15H,3-4H2,1-2H3,(H,16,17,18). The summed E-state index contributed by atoms with van der Waals surface area (Å²) in [5.74, 6) is -0.691. The molecule has 8 nitrogen and oxygen atoms in total. The van der Waals surface area contributed by atoms with Crippen LogP contribution in [0.15, 0.2) is 11.4 Å². The number of sulfonamides is 1. The molecule has 1 fully saturated rings. The smallest absolute Gasteiger partial charge is 0.367 e. The zero-order chi connectivity index (χ0) is 18.3. The highest BCUT2D eigenvalue weighted by Gasteiger charge is 2.40. The Hall–Kier alpha value is -1.47. The third kappa shape index (κ3) is 3.95. The van der Waals surface area contributed by atoms with E-state index in [1.54, 1.807) is 0 Å². The van der Waals surface area contributed by atoms with Crippen LogP contribution in [0.25, 0.3) is 0 Å². The molecule has 0 atom stereocenters. The van der Waals surface area contributed by atoms with E-state index in [0.29, 0.717) is 6.20 Å². The van der Waals surface area contributed by atoms with Gasteiger partial charge in [0.2, 0.25) is 0 Å². The SMILES string of the molecule is CNS(=O)(=O)c1ncc(C(F)(F)F)c(NC2CC(S(C)(=O)=O)C2)n1. The van der Waals surface area contributed by atoms with Gasteiger partial charge in [-0.25, -0.2) is 26.5 Å². The first kappa shape index (κ1) is 18.9. The topological polar surface area (TPSA) is 118 Å². The predicted molar refractivity (Wildman–Crippen MR) is 78.6 cm³/mol. The average Bonchev–Trinajstić information content (AvgIpc) is 2.39. The van der Waals surface area contributed by atoms with Crippen molar-refractivity contribution in [3.05, 3.63) is 11.8 Å². The highest BCUT2D eigenvalue weighted by Crippen LogP contribution is 2.36. The molecule has 0 unspecified atom stereocenters. The van der Waals surface area contributed by atoms with Crippen LogP contribution in [-0.4, -0.2) is 51.4 Å². The highest BCUT2D eigenvalue weighted by atomic mass is 32.2. The Bertz CT molecular complexity index is 833. The summed E-state index contributed by atoms with van der Waals surface area (Å²) in [6.45, 7) is 0. The van der Waals surface area contributed by atoms with Crippen LogP contribution in [0.5, 0.6) is 0 Å². The minimum Gasteiger partial charge on any atom is -0.367 e. The van der Waals surface area contributed by atoms with Crippen LogP contribution in [-0.2, 0) is 26.0 Å². The van der Waals surface area contributed by atoms with E-state index in [2.05, 4.69) is 15.3 Å². The second-order valence-electron chi connectivity index (χ2n) is 5.38. The quantitative estimate of drug-likeness (QED) is 0.701. The predicted octanol–water partition coefficient (Wildman–Crippen LogP) is 0.391. The number of aromatic nitrogens is 2. The molecule has 1 aliphatic carbocycles. The number of hydrogen-bond donors (Lipinski definition) is 2. The lowest BCUT2D eigenvalue weighted by atomic mass is 9.92.